The van der Waals surface area contributed by atoms with E-state index in [-0.39, 0.29) is 35.6 Å². The number of halogens is 1. The largest absolute Gasteiger partial charge is 0.494 e. The maximum atomic E-state index is 7.05. The molecular weight excluding hydrogens is 620 g/mol. The first-order valence-electron chi connectivity index (χ1n) is 19.4. The van der Waals surface area contributed by atoms with Crippen molar-refractivity contribution in [2.75, 3.05) is 39.6 Å². The molecule has 2 aromatic rings. The molecule has 2 aromatic carbocycles. The van der Waals surface area contributed by atoms with E-state index in [4.69, 9.17) is 35.3 Å². The molecule has 3 rings (SSSR count). The number of ether oxygens (including phenoxy) is 5. The Kier molecular flexibility index (Phi) is 18.9. The molecule has 1 aliphatic rings. The molecule has 5 atom stereocenters. The van der Waals surface area contributed by atoms with Gasteiger partial charge in [0.1, 0.15) is 11.9 Å². The molecule has 48 heavy (non-hydrogen) atoms. The monoisotopic (exact) mass is 686 g/mol. The Hall–Kier alpha value is -1.63. The zero-order chi connectivity index (χ0) is 34.8. The molecule has 0 heterocycles. The molecule has 0 aliphatic heterocycles. The average Bonchev–Trinajstić information content (AvgIpc) is 3.10. The van der Waals surface area contributed by atoms with Crippen LogP contribution in [0.25, 0.3) is 0 Å². The van der Waals surface area contributed by atoms with E-state index >= 15 is 0 Å². The highest BCUT2D eigenvalue weighted by Crippen LogP contribution is 2.57. The molecule has 0 amide bonds. The van der Waals surface area contributed by atoms with Crippen molar-refractivity contribution in [2.45, 2.75) is 143 Å². The molecule has 1 fully saturated rings. The smallest absolute Gasteiger partial charge is 0.119 e. The first-order valence-corrected chi connectivity index (χ1v) is 19.7. The summed E-state index contributed by atoms with van der Waals surface area (Å²) in [4.78, 5) is 0. The predicted octanol–water partition coefficient (Wildman–Crippen LogP) is 11.2. The third-order valence-corrected chi connectivity index (χ3v) is 10.8. The van der Waals surface area contributed by atoms with Crippen LogP contribution in [-0.4, -0.2) is 58.0 Å². The summed E-state index contributed by atoms with van der Waals surface area (Å²) in [6.45, 7) is 19.9. The van der Waals surface area contributed by atoms with Crippen molar-refractivity contribution < 1.29 is 23.7 Å². The minimum Gasteiger partial charge on any atom is -0.494 e. The molecule has 0 aromatic heterocycles. The summed E-state index contributed by atoms with van der Waals surface area (Å²) in [7, 11) is 0. The maximum absolute atomic E-state index is 7.05. The summed E-state index contributed by atoms with van der Waals surface area (Å²) in [6, 6.07) is 15.1. The topological polar surface area (TPSA) is 46.2 Å². The lowest BCUT2D eigenvalue weighted by Crippen LogP contribution is -2.63. The first kappa shape index (κ1) is 40.8. The van der Waals surface area contributed by atoms with Crippen LogP contribution < -0.4 is 4.74 Å². The van der Waals surface area contributed by atoms with Crippen LogP contribution in [0.4, 0.5) is 0 Å². The summed E-state index contributed by atoms with van der Waals surface area (Å²) < 4.78 is 33.2. The second-order valence-electron chi connectivity index (χ2n) is 13.6. The molecular formula is C42H67ClO5. The number of rotatable bonds is 24. The lowest BCUT2D eigenvalue weighted by atomic mass is 9.53. The Balaban J connectivity index is 2.17. The molecule has 0 N–H and O–H groups in total. The van der Waals surface area contributed by atoms with E-state index in [0.717, 1.165) is 100 Å². The van der Waals surface area contributed by atoms with Gasteiger partial charge >= 0.3 is 0 Å². The van der Waals surface area contributed by atoms with Crippen molar-refractivity contribution in [1.82, 2.24) is 0 Å². The van der Waals surface area contributed by atoms with Gasteiger partial charge in [-0.05, 0) is 92.2 Å². The lowest BCUT2D eigenvalue weighted by Gasteiger charge is -2.58. The second-order valence-corrected chi connectivity index (χ2v) is 14.0. The van der Waals surface area contributed by atoms with Gasteiger partial charge in [0.25, 0.3) is 0 Å². The van der Waals surface area contributed by atoms with Crippen molar-refractivity contribution in [1.29, 1.82) is 0 Å². The van der Waals surface area contributed by atoms with Gasteiger partial charge in [0.05, 0.1) is 25.4 Å². The Morgan fingerprint density at radius 2 is 1.21 bits per heavy atom. The van der Waals surface area contributed by atoms with Crippen molar-refractivity contribution in [3.05, 3.63) is 64.2 Å². The lowest BCUT2D eigenvalue weighted by molar-refractivity contribution is -0.232. The van der Waals surface area contributed by atoms with Crippen LogP contribution in [0.3, 0.4) is 0 Å². The SMILES string of the molecule is CCCCOC[C@@H]1[C@@H](OCCCC)[C@H](OCCCC)[C@@H](OCCCC)[C@H](c2ccc(Cl)c(Cc3ccc(OCC)cc3)c2)C1(CC)CC. The summed E-state index contributed by atoms with van der Waals surface area (Å²) >= 11 is 6.96. The third kappa shape index (κ3) is 10.9. The van der Waals surface area contributed by atoms with Gasteiger partial charge in [-0.2, -0.15) is 0 Å². The van der Waals surface area contributed by atoms with E-state index in [2.05, 4.69) is 84.0 Å². The number of hydrogen-bond acceptors (Lipinski definition) is 5. The average molecular weight is 687 g/mol. The molecule has 0 radical (unpaired) electrons. The van der Waals surface area contributed by atoms with E-state index in [0.29, 0.717) is 26.4 Å². The Morgan fingerprint density at radius 1 is 0.646 bits per heavy atom. The Labute approximate surface area is 298 Å². The van der Waals surface area contributed by atoms with Crippen molar-refractivity contribution in [2.24, 2.45) is 11.3 Å². The molecule has 1 aliphatic carbocycles. The number of hydrogen-bond donors (Lipinski definition) is 0. The van der Waals surface area contributed by atoms with Gasteiger partial charge in [-0.1, -0.05) is 103 Å². The third-order valence-electron chi connectivity index (χ3n) is 10.5. The van der Waals surface area contributed by atoms with Gasteiger partial charge < -0.3 is 23.7 Å². The van der Waals surface area contributed by atoms with E-state index in [1.54, 1.807) is 0 Å². The molecule has 0 saturated heterocycles. The fourth-order valence-corrected chi connectivity index (χ4v) is 7.82. The molecule has 1 saturated carbocycles. The van der Waals surface area contributed by atoms with Crippen LogP contribution in [0.2, 0.25) is 5.02 Å². The van der Waals surface area contributed by atoms with Gasteiger partial charge in [0.15, 0.2) is 0 Å². The minimum absolute atomic E-state index is 0.0955. The minimum atomic E-state index is -0.188. The Morgan fingerprint density at radius 3 is 1.77 bits per heavy atom. The highest BCUT2D eigenvalue weighted by atomic mass is 35.5. The van der Waals surface area contributed by atoms with E-state index in [9.17, 15) is 0 Å². The van der Waals surface area contributed by atoms with Gasteiger partial charge in [0.2, 0.25) is 0 Å². The molecule has 272 valence electrons. The van der Waals surface area contributed by atoms with Crippen molar-refractivity contribution >= 4 is 11.6 Å². The predicted molar refractivity (Wildman–Crippen MR) is 201 cm³/mol. The maximum Gasteiger partial charge on any atom is 0.119 e. The highest BCUT2D eigenvalue weighted by molar-refractivity contribution is 6.31. The van der Waals surface area contributed by atoms with E-state index < -0.39 is 0 Å². The van der Waals surface area contributed by atoms with Gasteiger partial charge in [0, 0.05) is 43.3 Å². The standard InChI is InChI=1S/C42H67ClO5/c1-8-15-25-44-31-36-39(46-26-16-9-2)41(48-28-18-11-4)40(47-27-17-10-3)38(42(36,12-5)13-6)33-21-24-37(43)34(30-33)29-32-19-22-35(23-20-32)45-14-7/h19-24,30,36,38-41H,8-18,25-29,31H2,1-7H3/t36-,38+,39-,40+,41+/m1/s1. The van der Waals surface area contributed by atoms with Gasteiger partial charge in [-0.3, -0.25) is 0 Å². The second kappa shape index (κ2) is 22.2. The molecule has 0 bridgehead atoms. The van der Waals surface area contributed by atoms with Gasteiger partial charge in [-0.25, -0.2) is 0 Å². The summed E-state index contributed by atoms with van der Waals surface area (Å²) in [5, 5.41) is 0.793. The fraction of sp³-hybridized carbons (Fsp3) is 0.714. The van der Waals surface area contributed by atoms with E-state index in [1.807, 2.05) is 6.92 Å². The summed E-state index contributed by atoms with van der Waals surface area (Å²) in [5.41, 5.74) is 3.50. The summed E-state index contributed by atoms with van der Waals surface area (Å²) in [5.74, 6) is 1.15. The molecule has 0 spiro atoms. The normalized spacial score (nSPS) is 22.2. The highest BCUT2D eigenvalue weighted by Gasteiger charge is 2.59. The van der Waals surface area contributed by atoms with E-state index in [1.165, 1.54) is 11.1 Å². The summed E-state index contributed by atoms with van der Waals surface area (Å²) in [6.07, 6.45) is 10.8. The van der Waals surface area contributed by atoms with Crippen molar-refractivity contribution in [3.63, 3.8) is 0 Å². The van der Waals surface area contributed by atoms with Crippen LogP contribution in [0.15, 0.2) is 42.5 Å². The van der Waals surface area contributed by atoms with Gasteiger partial charge in [-0.15, -0.1) is 0 Å². The van der Waals surface area contributed by atoms with Crippen LogP contribution in [0.1, 0.15) is 135 Å². The van der Waals surface area contributed by atoms with Crippen LogP contribution in [0.5, 0.6) is 5.75 Å². The van der Waals surface area contributed by atoms with Crippen molar-refractivity contribution in [3.8, 4) is 5.75 Å². The zero-order valence-corrected chi connectivity index (χ0v) is 32.1. The molecule has 6 heteroatoms. The Bertz CT molecular complexity index is 1130. The zero-order valence-electron chi connectivity index (χ0n) is 31.4. The fourth-order valence-electron chi connectivity index (χ4n) is 7.64. The molecule has 0 unspecified atom stereocenters. The quantitative estimate of drug-likeness (QED) is 0.103. The van der Waals surface area contributed by atoms with Crippen LogP contribution in [-0.2, 0) is 25.4 Å². The number of benzene rings is 2. The number of unbranched alkanes of at least 4 members (excludes halogenated alkanes) is 4. The van der Waals surface area contributed by atoms with Crippen LogP contribution in [0, 0.1) is 11.3 Å². The molecule has 5 nitrogen and oxygen atoms in total. The first-order chi connectivity index (χ1) is 23.4. The van der Waals surface area contributed by atoms with Crippen LogP contribution >= 0.6 is 11.6 Å².